The predicted octanol–water partition coefficient (Wildman–Crippen LogP) is 3.10. The number of rotatable bonds is 5. The number of nitrogens with one attached hydrogen (secondary N) is 1. The van der Waals surface area contributed by atoms with Crippen LogP contribution in [0.3, 0.4) is 0 Å². The van der Waals surface area contributed by atoms with Crippen molar-refractivity contribution in [3.05, 3.63) is 35.4 Å². The van der Waals surface area contributed by atoms with Crippen LogP contribution >= 0.6 is 0 Å². The number of piperidine rings is 1. The van der Waals surface area contributed by atoms with E-state index in [0.29, 0.717) is 24.4 Å². The molecule has 0 aliphatic carbocycles. The highest BCUT2D eigenvalue weighted by Gasteiger charge is 2.33. The van der Waals surface area contributed by atoms with Gasteiger partial charge in [0.15, 0.2) is 0 Å². The number of hydrogen-bond donors (Lipinski definition) is 1. The molecule has 1 aromatic rings. The minimum absolute atomic E-state index is 0.0203. The molecule has 0 radical (unpaired) electrons. The molecule has 1 saturated heterocycles. The zero-order valence-corrected chi connectivity index (χ0v) is 13.3. The molecule has 128 valence electrons. The van der Waals surface area contributed by atoms with Crippen LogP contribution in [0.1, 0.15) is 30.4 Å². The van der Waals surface area contributed by atoms with Crippen molar-refractivity contribution in [1.29, 1.82) is 0 Å². The van der Waals surface area contributed by atoms with Crippen LogP contribution < -0.4 is 5.32 Å². The lowest BCUT2D eigenvalue weighted by Crippen LogP contribution is -2.41. The van der Waals surface area contributed by atoms with Gasteiger partial charge in [-0.1, -0.05) is 18.2 Å². The lowest BCUT2D eigenvalue weighted by Gasteiger charge is -2.32. The number of nitrogens with zero attached hydrogens (tertiary/aromatic N) is 1. The first-order valence-corrected chi connectivity index (χ1v) is 7.98. The van der Waals surface area contributed by atoms with Crippen molar-refractivity contribution in [2.45, 2.75) is 31.9 Å². The van der Waals surface area contributed by atoms with Gasteiger partial charge >= 0.3 is 6.18 Å². The van der Waals surface area contributed by atoms with E-state index < -0.39 is 11.7 Å². The summed E-state index contributed by atoms with van der Waals surface area (Å²) in [7, 11) is 1.61. The molecule has 1 heterocycles. The number of likely N-dealkylation sites (tertiary alicyclic amines) is 1. The van der Waals surface area contributed by atoms with E-state index in [1.54, 1.807) is 19.2 Å². The Bertz CT molecular complexity index is 531. The molecule has 1 aromatic carbocycles. The molecule has 1 fully saturated rings. The molecule has 1 aliphatic heterocycles. The number of benzene rings is 1. The summed E-state index contributed by atoms with van der Waals surface area (Å²) in [4.78, 5) is 13.5. The van der Waals surface area contributed by atoms with E-state index in [2.05, 4.69) is 10.2 Å². The molecule has 0 spiro atoms. The predicted molar refractivity (Wildman–Crippen MR) is 83.0 cm³/mol. The largest absolute Gasteiger partial charge is 0.416 e. The third-order valence-corrected chi connectivity index (χ3v) is 4.39. The van der Waals surface area contributed by atoms with Gasteiger partial charge in [-0.3, -0.25) is 9.69 Å². The van der Waals surface area contributed by atoms with E-state index in [0.717, 1.165) is 38.4 Å². The van der Waals surface area contributed by atoms with Gasteiger partial charge in [-0.2, -0.15) is 13.2 Å². The maximum atomic E-state index is 13.0. The fourth-order valence-electron chi connectivity index (χ4n) is 3.19. The molecule has 3 nitrogen and oxygen atoms in total. The minimum atomic E-state index is -4.30. The summed E-state index contributed by atoms with van der Waals surface area (Å²) in [6.45, 7) is 2.02. The molecular formula is C17H23F3N2O. The molecule has 2 rings (SSSR count). The Morgan fingerprint density at radius 2 is 2.09 bits per heavy atom. The van der Waals surface area contributed by atoms with Crippen LogP contribution in [0.25, 0.3) is 0 Å². The first-order valence-electron chi connectivity index (χ1n) is 7.98. The maximum Gasteiger partial charge on any atom is 0.416 e. The average molecular weight is 328 g/mol. The van der Waals surface area contributed by atoms with Gasteiger partial charge in [-0.15, -0.1) is 0 Å². The molecule has 0 saturated carbocycles. The van der Waals surface area contributed by atoms with Crippen LogP contribution in [0.15, 0.2) is 24.3 Å². The number of hydrogen-bond acceptors (Lipinski definition) is 2. The molecule has 0 aromatic heterocycles. The van der Waals surface area contributed by atoms with Gasteiger partial charge in [0.05, 0.1) is 12.1 Å². The molecule has 0 bridgehead atoms. The van der Waals surface area contributed by atoms with Crippen LogP contribution in [0.4, 0.5) is 13.2 Å². The second kappa shape index (κ2) is 7.81. The quantitative estimate of drug-likeness (QED) is 0.901. The first kappa shape index (κ1) is 17.8. The van der Waals surface area contributed by atoms with Crippen molar-refractivity contribution in [2.75, 3.05) is 26.7 Å². The standard InChI is InChI=1S/C17H23F3N2O/c1-21-16(23)12-22-10-4-5-13(11-22)8-9-14-6-2-3-7-15(14)17(18,19)20/h2-3,6-7,13H,4-5,8-12H2,1H3,(H,21,23)/t13-/m1/s1. The smallest absolute Gasteiger partial charge is 0.358 e. The monoisotopic (exact) mass is 328 g/mol. The Morgan fingerprint density at radius 1 is 1.35 bits per heavy atom. The van der Waals surface area contributed by atoms with Crippen LogP contribution in [0.2, 0.25) is 0 Å². The normalized spacial score (nSPS) is 19.6. The van der Waals surface area contributed by atoms with E-state index in [9.17, 15) is 18.0 Å². The van der Waals surface area contributed by atoms with Crippen LogP contribution in [-0.4, -0.2) is 37.5 Å². The maximum absolute atomic E-state index is 13.0. The van der Waals surface area contributed by atoms with Crippen molar-refractivity contribution in [1.82, 2.24) is 10.2 Å². The van der Waals surface area contributed by atoms with Crippen molar-refractivity contribution in [3.63, 3.8) is 0 Å². The molecule has 0 unspecified atom stereocenters. The summed E-state index contributed by atoms with van der Waals surface area (Å²) >= 11 is 0. The molecule has 1 atom stereocenters. The Morgan fingerprint density at radius 3 is 2.78 bits per heavy atom. The van der Waals surface area contributed by atoms with Gasteiger partial charge in [0, 0.05) is 13.6 Å². The summed E-state index contributed by atoms with van der Waals surface area (Å²) in [5, 5.41) is 2.60. The van der Waals surface area contributed by atoms with Crippen LogP contribution in [0.5, 0.6) is 0 Å². The van der Waals surface area contributed by atoms with E-state index >= 15 is 0 Å². The molecular weight excluding hydrogens is 305 g/mol. The number of halogens is 3. The minimum Gasteiger partial charge on any atom is -0.358 e. The summed E-state index contributed by atoms with van der Waals surface area (Å²) in [6.07, 6.45) is -1.15. The average Bonchev–Trinajstić information content (AvgIpc) is 2.52. The number of alkyl halides is 3. The first-order chi connectivity index (χ1) is 10.9. The third-order valence-electron chi connectivity index (χ3n) is 4.39. The number of aryl methyl sites for hydroxylation is 1. The van der Waals surface area contributed by atoms with E-state index in [-0.39, 0.29) is 5.91 Å². The lowest BCUT2D eigenvalue weighted by molar-refractivity contribution is -0.138. The van der Waals surface area contributed by atoms with E-state index in [1.165, 1.54) is 6.07 Å². The third kappa shape index (κ3) is 5.23. The highest BCUT2D eigenvalue weighted by molar-refractivity contribution is 5.77. The number of carbonyl (C=O) groups is 1. The number of carbonyl (C=O) groups excluding carboxylic acids is 1. The Balaban J connectivity index is 1.92. The topological polar surface area (TPSA) is 32.3 Å². The van der Waals surface area contributed by atoms with E-state index in [4.69, 9.17) is 0 Å². The summed E-state index contributed by atoms with van der Waals surface area (Å²) in [6, 6.07) is 5.80. The zero-order valence-electron chi connectivity index (χ0n) is 13.3. The fraction of sp³-hybridized carbons (Fsp3) is 0.588. The summed E-state index contributed by atoms with van der Waals surface area (Å²) < 4.78 is 39.0. The SMILES string of the molecule is CNC(=O)CN1CCC[C@H](CCc2ccccc2C(F)(F)F)C1. The highest BCUT2D eigenvalue weighted by atomic mass is 19.4. The highest BCUT2D eigenvalue weighted by Crippen LogP contribution is 2.33. The molecule has 1 amide bonds. The summed E-state index contributed by atoms with van der Waals surface area (Å²) in [5.74, 6) is 0.322. The fourth-order valence-corrected chi connectivity index (χ4v) is 3.19. The van der Waals surface area contributed by atoms with Gasteiger partial charge < -0.3 is 5.32 Å². The lowest BCUT2D eigenvalue weighted by atomic mass is 9.90. The Labute approximate surface area is 134 Å². The number of amides is 1. The number of likely N-dealkylation sites (N-methyl/N-ethyl adjacent to an activating group) is 1. The molecule has 1 N–H and O–H groups in total. The van der Waals surface area contributed by atoms with Crippen molar-refractivity contribution < 1.29 is 18.0 Å². The summed E-state index contributed by atoms with van der Waals surface area (Å²) in [5.41, 5.74) is -0.165. The second-order valence-corrected chi connectivity index (χ2v) is 6.11. The van der Waals surface area contributed by atoms with Crippen molar-refractivity contribution >= 4 is 5.91 Å². The molecule has 6 heteroatoms. The van der Waals surface area contributed by atoms with E-state index in [1.807, 2.05) is 0 Å². The van der Waals surface area contributed by atoms with Crippen molar-refractivity contribution in [2.24, 2.45) is 5.92 Å². The zero-order chi connectivity index (χ0) is 16.9. The van der Waals surface area contributed by atoms with Gasteiger partial charge in [-0.05, 0) is 49.8 Å². The Kier molecular flexibility index (Phi) is 6.04. The van der Waals surface area contributed by atoms with Gasteiger partial charge in [0.2, 0.25) is 5.91 Å². The van der Waals surface area contributed by atoms with Crippen LogP contribution in [0, 0.1) is 5.92 Å². The van der Waals surface area contributed by atoms with Gasteiger partial charge in [0.25, 0.3) is 0 Å². The molecule has 1 aliphatic rings. The van der Waals surface area contributed by atoms with Crippen molar-refractivity contribution in [3.8, 4) is 0 Å². The van der Waals surface area contributed by atoms with Gasteiger partial charge in [0.1, 0.15) is 0 Å². The van der Waals surface area contributed by atoms with Crippen LogP contribution in [-0.2, 0) is 17.4 Å². The second-order valence-electron chi connectivity index (χ2n) is 6.11. The van der Waals surface area contributed by atoms with Gasteiger partial charge in [-0.25, -0.2) is 0 Å². The molecule has 23 heavy (non-hydrogen) atoms. The Hall–Kier alpha value is -1.56.